The van der Waals surface area contributed by atoms with E-state index in [1.54, 1.807) is 0 Å². The average molecular weight is 1500 g/mol. The third kappa shape index (κ3) is 75.7. The number of allylic oxidation sites excluding steroid dienone is 20. The second-order valence-corrected chi connectivity index (χ2v) is 29.9. The van der Waals surface area contributed by atoms with Gasteiger partial charge in [0.25, 0.3) is 0 Å². The van der Waals surface area contributed by atoms with Gasteiger partial charge >= 0.3 is 39.5 Å². The normalized spacial score (nSPS) is 14.5. The van der Waals surface area contributed by atoms with Crippen LogP contribution in [0.2, 0.25) is 0 Å². The van der Waals surface area contributed by atoms with Crippen molar-refractivity contribution in [3.8, 4) is 0 Å². The number of hydrogen-bond acceptors (Lipinski definition) is 15. The third-order valence-electron chi connectivity index (χ3n) is 16.9. The SMILES string of the molecule is CCCCCC=CCC=CCC=CCC=CCCCC(=O)OCC(COP(=O)(O)OCC(O)COP(=O)(O)OCC(COC(=O)CCCCCCCC=CCCCCCCCC)OC(=O)CCCCCCCC=CCCCCCCCC)OC(=O)CCCC=CCC=CCC=CCC=CCCCCC. The number of aliphatic hydroxyl groups excluding tert-OH is 1. The Kier molecular flexibility index (Phi) is 73.3. The van der Waals surface area contributed by atoms with Crippen LogP contribution in [0, 0.1) is 0 Å². The standard InChI is InChI=1S/C85H146O17P2/c1-5-9-13-17-21-25-29-33-37-39-43-46-50-54-58-62-66-70-83(88)96-76-81(102-85(90)72-68-64-60-56-52-48-44-40-38-34-30-26-22-18-14-10-6-2)78-100-104(93,94)98-74-79(86)73-97-103(91,92)99-77-80(101-84(89)71-67-63-59-55-51-47-42-36-32-28-24-20-16-12-8-4)75-95-82(87)69-65-61-57-53-49-45-41-35-31-27-23-19-15-11-7-3/h21-22,25-26,33-38,41-44,46,48,54,56,58,60,79-81,86H,5-20,23-24,27-32,39-40,45,47,49-53,55,57,59,61-78H2,1-4H3,(H,91,92)(H,93,94). The Balaban J connectivity index is 5.48. The molecule has 0 saturated carbocycles. The Morgan fingerprint density at radius 1 is 0.269 bits per heavy atom. The molecule has 0 fully saturated rings. The molecule has 0 spiro atoms. The van der Waals surface area contributed by atoms with Gasteiger partial charge < -0.3 is 33.8 Å². The molecular weight excluding hydrogens is 1350 g/mol. The molecule has 5 atom stereocenters. The number of unbranched alkanes of at least 4 members (excludes halogenated alkanes) is 30. The van der Waals surface area contributed by atoms with Crippen LogP contribution in [0.4, 0.5) is 0 Å². The molecule has 0 aliphatic rings. The lowest BCUT2D eigenvalue weighted by Crippen LogP contribution is -2.30. The molecule has 104 heavy (non-hydrogen) atoms. The molecule has 19 heteroatoms. The van der Waals surface area contributed by atoms with E-state index in [-0.39, 0.29) is 25.7 Å². The highest BCUT2D eigenvalue weighted by Gasteiger charge is 2.30. The van der Waals surface area contributed by atoms with Crippen molar-refractivity contribution in [3.63, 3.8) is 0 Å². The molecule has 0 bridgehead atoms. The minimum atomic E-state index is -5.01. The predicted octanol–water partition coefficient (Wildman–Crippen LogP) is 23.9. The van der Waals surface area contributed by atoms with Gasteiger partial charge in [0, 0.05) is 25.7 Å². The number of hydrogen-bond donors (Lipinski definition) is 3. The third-order valence-corrected chi connectivity index (χ3v) is 18.8. The Labute approximate surface area is 632 Å². The van der Waals surface area contributed by atoms with Crippen LogP contribution in [0.15, 0.2) is 122 Å². The zero-order valence-electron chi connectivity index (χ0n) is 65.4. The molecule has 0 saturated heterocycles. The molecule has 0 aliphatic heterocycles. The van der Waals surface area contributed by atoms with E-state index in [9.17, 15) is 43.2 Å². The summed E-state index contributed by atoms with van der Waals surface area (Å²) in [5.41, 5.74) is 0. The van der Waals surface area contributed by atoms with Gasteiger partial charge in [-0.15, -0.1) is 0 Å². The lowest BCUT2D eigenvalue weighted by atomic mass is 10.1. The summed E-state index contributed by atoms with van der Waals surface area (Å²) in [4.78, 5) is 73.0. The first-order chi connectivity index (χ1) is 50.7. The maximum Gasteiger partial charge on any atom is 0.472 e. The van der Waals surface area contributed by atoms with E-state index in [0.29, 0.717) is 38.5 Å². The van der Waals surface area contributed by atoms with Crippen LogP contribution in [0.3, 0.4) is 0 Å². The summed E-state index contributed by atoms with van der Waals surface area (Å²) < 4.78 is 68.5. The van der Waals surface area contributed by atoms with Crippen molar-refractivity contribution in [2.45, 2.75) is 354 Å². The van der Waals surface area contributed by atoms with Crippen LogP contribution >= 0.6 is 15.6 Å². The summed E-state index contributed by atoms with van der Waals surface area (Å²) in [7, 11) is -10.00. The zero-order chi connectivity index (χ0) is 76.0. The van der Waals surface area contributed by atoms with Gasteiger partial charge in [-0.3, -0.25) is 37.3 Å². The summed E-state index contributed by atoms with van der Waals surface area (Å²) >= 11 is 0. The number of esters is 4. The Bertz CT molecular complexity index is 2440. The van der Waals surface area contributed by atoms with E-state index < -0.39 is 97.5 Å². The van der Waals surface area contributed by atoms with Crippen LogP contribution in [0.1, 0.15) is 336 Å². The number of rotatable bonds is 76. The summed E-state index contributed by atoms with van der Waals surface area (Å²) in [5, 5.41) is 10.6. The summed E-state index contributed by atoms with van der Waals surface area (Å²) in [6, 6.07) is 0. The highest BCUT2D eigenvalue weighted by atomic mass is 31.2. The fraction of sp³-hybridized carbons (Fsp3) is 0.718. The first-order valence-corrected chi connectivity index (χ1v) is 43.8. The fourth-order valence-electron chi connectivity index (χ4n) is 10.6. The van der Waals surface area contributed by atoms with Crippen molar-refractivity contribution in [3.05, 3.63) is 122 Å². The second kappa shape index (κ2) is 76.6. The minimum Gasteiger partial charge on any atom is -0.462 e. The van der Waals surface area contributed by atoms with Crippen molar-refractivity contribution in [1.29, 1.82) is 0 Å². The number of phosphoric ester groups is 2. The second-order valence-electron chi connectivity index (χ2n) is 27.0. The van der Waals surface area contributed by atoms with Gasteiger partial charge in [-0.25, -0.2) is 9.13 Å². The summed E-state index contributed by atoms with van der Waals surface area (Å²) in [6.07, 6.45) is 84.7. The maximum atomic E-state index is 13.1. The smallest absolute Gasteiger partial charge is 0.462 e. The van der Waals surface area contributed by atoms with E-state index in [0.717, 1.165) is 128 Å². The van der Waals surface area contributed by atoms with Crippen LogP contribution < -0.4 is 0 Å². The molecule has 0 aromatic carbocycles. The monoisotopic (exact) mass is 1500 g/mol. The topological polar surface area (TPSA) is 237 Å². The Hall–Kier alpha value is -4.54. The quantitative estimate of drug-likeness (QED) is 0.0169. The molecule has 17 nitrogen and oxygen atoms in total. The van der Waals surface area contributed by atoms with Crippen molar-refractivity contribution < 1.29 is 80.2 Å². The Morgan fingerprint density at radius 2 is 0.481 bits per heavy atom. The molecule has 0 radical (unpaired) electrons. The molecule has 0 aromatic heterocycles. The van der Waals surface area contributed by atoms with Crippen molar-refractivity contribution in [1.82, 2.24) is 0 Å². The van der Waals surface area contributed by atoms with Gasteiger partial charge in [0.15, 0.2) is 12.2 Å². The first-order valence-electron chi connectivity index (χ1n) is 40.8. The molecule has 0 heterocycles. The van der Waals surface area contributed by atoms with Gasteiger partial charge in [-0.1, -0.05) is 278 Å². The molecule has 598 valence electrons. The van der Waals surface area contributed by atoms with Gasteiger partial charge in [0.2, 0.25) is 0 Å². The van der Waals surface area contributed by atoms with Crippen LogP contribution in [0.25, 0.3) is 0 Å². The lowest BCUT2D eigenvalue weighted by molar-refractivity contribution is -0.161. The number of carbonyl (C=O) groups excluding carboxylic acids is 4. The summed E-state index contributed by atoms with van der Waals surface area (Å²) in [6.45, 7) is 4.69. The Morgan fingerprint density at radius 3 is 0.798 bits per heavy atom. The first kappa shape index (κ1) is 99.5. The molecule has 0 amide bonds. The van der Waals surface area contributed by atoms with Crippen LogP contribution in [-0.2, 0) is 65.4 Å². The van der Waals surface area contributed by atoms with Gasteiger partial charge in [0.05, 0.1) is 26.4 Å². The molecule has 3 N–H and O–H groups in total. The number of aliphatic hydroxyl groups is 1. The minimum absolute atomic E-state index is 0.00510. The van der Waals surface area contributed by atoms with Gasteiger partial charge in [-0.2, -0.15) is 0 Å². The van der Waals surface area contributed by atoms with Gasteiger partial charge in [0.1, 0.15) is 19.3 Å². The fourth-order valence-corrected chi connectivity index (χ4v) is 12.2. The molecule has 0 rings (SSSR count). The van der Waals surface area contributed by atoms with Crippen molar-refractivity contribution >= 4 is 39.5 Å². The maximum absolute atomic E-state index is 13.1. The average Bonchev–Trinajstić information content (AvgIpc) is 0.926. The highest BCUT2D eigenvalue weighted by molar-refractivity contribution is 7.47. The molecular formula is C85H146O17P2. The highest BCUT2D eigenvalue weighted by Crippen LogP contribution is 2.45. The van der Waals surface area contributed by atoms with E-state index in [2.05, 4.69) is 125 Å². The number of ether oxygens (including phenoxy) is 4. The van der Waals surface area contributed by atoms with Crippen LogP contribution in [-0.4, -0.2) is 96.7 Å². The zero-order valence-corrected chi connectivity index (χ0v) is 67.2. The van der Waals surface area contributed by atoms with Crippen LogP contribution in [0.5, 0.6) is 0 Å². The van der Waals surface area contributed by atoms with E-state index in [1.165, 1.54) is 116 Å². The van der Waals surface area contributed by atoms with Crippen molar-refractivity contribution in [2.75, 3.05) is 39.6 Å². The van der Waals surface area contributed by atoms with E-state index in [1.807, 2.05) is 24.3 Å². The largest absolute Gasteiger partial charge is 0.472 e. The lowest BCUT2D eigenvalue weighted by Gasteiger charge is -2.21. The predicted molar refractivity (Wildman–Crippen MR) is 427 cm³/mol. The molecule has 0 aromatic rings. The van der Waals surface area contributed by atoms with E-state index >= 15 is 0 Å². The van der Waals surface area contributed by atoms with E-state index in [4.69, 9.17) is 37.0 Å². The molecule has 5 unspecified atom stereocenters. The summed E-state index contributed by atoms with van der Waals surface area (Å²) in [5.74, 6) is -2.32. The number of phosphoric acid groups is 2. The number of carbonyl (C=O) groups is 4. The molecule has 0 aliphatic carbocycles. The van der Waals surface area contributed by atoms with Gasteiger partial charge in [-0.05, 0) is 154 Å². The van der Waals surface area contributed by atoms with Crippen molar-refractivity contribution in [2.24, 2.45) is 0 Å².